The first-order chi connectivity index (χ1) is 8.59. The molecule has 2 rings (SSSR count). The summed E-state index contributed by atoms with van der Waals surface area (Å²) in [6.45, 7) is 1.53. The van der Waals surface area contributed by atoms with E-state index in [0.717, 1.165) is 22.7 Å². The van der Waals surface area contributed by atoms with Gasteiger partial charge in [0.2, 0.25) is 0 Å². The molecule has 0 spiro atoms. The van der Waals surface area contributed by atoms with Gasteiger partial charge in [-0.25, -0.2) is 4.79 Å². The smallest absolute Gasteiger partial charge is 0.311 e. The van der Waals surface area contributed by atoms with Crippen molar-refractivity contribution in [1.29, 1.82) is 0 Å². The van der Waals surface area contributed by atoms with Crippen LogP contribution in [0.4, 0.5) is 0 Å². The van der Waals surface area contributed by atoms with Crippen molar-refractivity contribution in [3.63, 3.8) is 0 Å². The van der Waals surface area contributed by atoms with E-state index in [0.29, 0.717) is 6.54 Å². The van der Waals surface area contributed by atoms with Gasteiger partial charge >= 0.3 is 5.69 Å². The number of nitrogens with one attached hydrogen (secondary N) is 1. The molecule has 1 N–H and O–H groups in total. The van der Waals surface area contributed by atoms with E-state index in [1.165, 1.54) is 35.6 Å². The summed E-state index contributed by atoms with van der Waals surface area (Å²) < 4.78 is 2.65. The Morgan fingerprint density at radius 1 is 1.39 bits per heavy atom. The van der Waals surface area contributed by atoms with Crippen LogP contribution in [0.1, 0.15) is 12.1 Å². The average Bonchev–Trinajstić information content (AvgIpc) is 2.86. The molecular weight excluding hydrogens is 250 g/mol. The lowest BCUT2D eigenvalue weighted by molar-refractivity contribution is 0.509. The van der Waals surface area contributed by atoms with Crippen molar-refractivity contribution in [3.05, 3.63) is 32.6 Å². The number of rotatable bonds is 4. The van der Waals surface area contributed by atoms with E-state index in [2.05, 4.69) is 5.32 Å². The van der Waals surface area contributed by atoms with Crippen LogP contribution < -0.4 is 16.6 Å². The summed E-state index contributed by atoms with van der Waals surface area (Å²) in [5.74, 6) is 3.18. The molecular formula is C12H19N3O2S. The Hall–Kier alpha value is -1.01. The maximum atomic E-state index is 11.7. The first-order valence-electron chi connectivity index (χ1n) is 6.14. The van der Waals surface area contributed by atoms with Gasteiger partial charge in [-0.1, -0.05) is 0 Å². The van der Waals surface area contributed by atoms with Crippen molar-refractivity contribution >= 4 is 11.8 Å². The molecule has 1 aliphatic rings. The highest BCUT2D eigenvalue weighted by molar-refractivity contribution is 7.99. The van der Waals surface area contributed by atoms with Crippen molar-refractivity contribution < 1.29 is 0 Å². The highest BCUT2D eigenvalue weighted by Gasteiger charge is 2.15. The van der Waals surface area contributed by atoms with Crippen LogP contribution in [-0.4, -0.2) is 27.2 Å². The van der Waals surface area contributed by atoms with Gasteiger partial charge in [-0.15, -0.1) is 0 Å². The molecule has 0 radical (unpaired) electrons. The van der Waals surface area contributed by atoms with Crippen LogP contribution >= 0.6 is 11.8 Å². The Bertz CT molecular complexity index is 529. The molecule has 1 aromatic heterocycles. The molecule has 0 bridgehead atoms. The normalized spacial score (nSPS) is 19.3. The SMILES string of the molecule is Cn1c(CNCC2CCSC2)cc(=O)n(C)c1=O. The summed E-state index contributed by atoms with van der Waals surface area (Å²) >= 11 is 1.99. The molecule has 0 aliphatic carbocycles. The second-order valence-corrected chi connectivity index (χ2v) is 5.88. The largest absolute Gasteiger partial charge is 0.330 e. The molecule has 0 saturated carbocycles. The molecule has 1 atom stereocenters. The molecule has 100 valence electrons. The van der Waals surface area contributed by atoms with E-state index in [9.17, 15) is 9.59 Å². The van der Waals surface area contributed by atoms with Crippen molar-refractivity contribution in [2.45, 2.75) is 13.0 Å². The van der Waals surface area contributed by atoms with Crippen LogP contribution in [0.25, 0.3) is 0 Å². The number of thioether (sulfide) groups is 1. The first-order valence-corrected chi connectivity index (χ1v) is 7.29. The van der Waals surface area contributed by atoms with Gasteiger partial charge in [0, 0.05) is 32.4 Å². The molecule has 1 unspecified atom stereocenters. The summed E-state index contributed by atoms with van der Waals surface area (Å²) in [6.07, 6.45) is 1.26. The molecule has 1 saturated heterocycles. The van der Waals surface area contributed by atoms with Gasteiger partial charge in [0.25, 0.3) is 5.56 Å². The topological polar surface area (TPSA) is 56.0 Å². The van der Waals surface area contributed by atoms with Gasteiger partial charge in [-0.3, -0.25) is 13.9 Å². The van der Waals surface area contributed by atoms with Crippen LogP contribution in [0.2, 0.25) is 0 Å². The molecule has 6 heteroatoms. The molecule has 1 aromatic rings. The summed E-state index contributed by atoms with van der Waals surface area (Å²) in [4.78, 5) is 23.3. The minimum Gasteiger partial charge on any atom is -0.311 e. The minimum atomic E-state index is -0.268. The number of hydrogen-bond donors (Lipinski definition) is 1. The summed E-state index contributed by atoms with van der Waals surface area (Å²) in [7, 11) is 3.20. The highest BCUT2D eigenvalue weighted by atomic mass is 32.2. The van der Waals surface area contributed by atoms with Crippen molar-refractivity contribution in [3.8, 4) is 0 Å². The third kappa shape index (κ3) is 2.87. The molecule has 5 nitrogen and oxygen atoms in total. The van der Waals surface area contributed by atoms with E-state index >= 15 is 0 Å². The molecule has 0 aromatic carbocycles. The predicted octanol–water partition coefficient (Wildman–Crippen LogP) is -0.0733. The Morgan fingerprint density at radius 3 is 2.83 bits per heavy atom. The monoisotopic (exact) mass is 269 g/mol. The average molecular weight is 269 g/mol. The van der Waals surface area contributed by atoms with Crippen molar-refractivity contribution in [1.82, 2.24) is 14.5 Å². The zero-order chi connectivity index (χ0) is 13.1. The highest BCUT2D eigenvalue weighted by Crippen LogP contribution is 2.22. The minimum absolute atomic E-state index is 0.244. The Labute approximate surface area is 110 Å². The van der Waals surface area contributed by atoms with E-state index < -0.39 is 0 Å². The lowest BCUT2D eigenvalue weighted by atomic mass is 10.1. The van der Waals surface area contributed by atoms with Crippen LogP contribution in [0, 0.1) is 5.92 Å². The zero-order valence-corrected chi connectivity index (χ0v) is 11.6. The van der Waals surface area contributed by atoms with E-state index in [1.54, 1.807) is 7.05 Å². The lowest BCUT2D eigenvalue weighted by Crippen LogP contribution is -2.39. The van der Waals surface area contributed by atoms with Gasteiger partial charge in [-0.2, -0.15) is 11.8 Å². The van der Waals surface area contributed by atoms with E-state index in [-0.39, 0.29) is 11.2 Å². The fourth-order valence-corrected chi connectivity index (χ4v) is 3.38. The fraction of sp³-hybridized carbons (Fsp3) is 0.667. The quantitative estimate of drug-likeness (QED) is 0.831. The third-order valence-corrected chi connectivity index (χ3v) is 4.62. The fourth-order valence-electron chi connectivity index (χ4n) is 2.10. The maximum absolute atomic E-state index is 11.7. The van der Waals surface area contributed by atoms with E-state index in [4.69, 9.17) is 0 Å². The lowest BCUT2D eigenvalue weighted by Gasteiger charge is -2.12. The zero-order valence-electron chi connectivity index (χ0n) is 10.8. The summed E-state index contributed by atoms with van der Waals surface area (Å²) in [5, 5.41) is 3.34. The Kier molecular flexibility index (Phi) is 4.29. The molecule has 1 fully saturated rings. The predicted molar refractivity (Wildman–Crippen MR) is 74.1 cm³/mol. The number of nitrogens with zero attached hydrogens (tertiary/aromatic N) is 2. The van der Waals surface area contributed by atoms with Gasteiger partial charge in [-0.05, 0) is 30.4 Å². The van der Waals surface area contributed by atoms with Gasteiger partial charge in [0.1, 0.15) is 0 Å². The van der Waals surface area contributed by atoms with Gasteiger partial charge < -0.3 is 5.32 Å². The number of aromatic nitrogens is 2. The van der Waals surface area contributed by atoms with Crippen molar-refractivity contribution in [2.75, 3.05) is 18.1 Å². The van der Waals surface area contributed by atoms with Crippen LogP contribution in [0.3, 0.4) is 0 Å². The van der Waals surface area contributed by atoms with Gasteiger partial charge in [0.05, 0.1) is 0 Å². The first kappa shape index (κ1) is 13.4. The third-order valence-electron chi connectivity index (χ3n) is 3.39. The molecule has 1 aliphatic heterocycles. The second kappa shape index (κ2) is 5.75. The summed E-state index contributed by atoms with van der Waals surface area (Å²) in [6, 6.07) is 1.53. The second-order valence-electron chi connectivity index (χ2n) is 4.74. The van der Waals surface area contributed by atoms with Crippen LogP contribution in [0.5, 0.6) is 0 Å². The Balaban J connectivity index is 2.01. The molecule has 2 heterocycles. The van der Waals surface area contributed by atoms with Crippen LogP contribution in [-0.2, 0) is 20.6 Å². The summed E-state index contributed by atoms with van der Waals surface area (Å²) in [5.41, 5.74) is 0.232. The number of hydrogen-bond acceptors (Lipinski definition) is 4. The van der Waals surface area contributed by atoms with E-state index in [1.807, 2.05) is 11.8 Å². The van der Waals surface area contributed by atoms with Crippen molar-refractivity contribution in [2.24, 2.45) is 20.0 Å². The van der Waals surface area contributed by atoms with Gasteiger partial charge in [0.15, 0.2) is 0 Å². The molecule has 0 amide bonds. The Morgan fingerprint density at radius 2 is 2.17 bits per heavy atom. The molecule has 18 heavy (non-hydrogen) atoms. The standard InChI is InChI=1S/C12H19N3O2S/c1-14-10(5-11(16)15(2)12(14)17)7-13-6-9-3-4-18-8-9/h5,9,13H,3-4,6-8H2,1-2H3. The van der Waals surface area contributed by atoms with Crippen LogP contribution in [0.15, 0.2) is 15.7 Å². The maximum Gasteiger partial charge on any atom is 0.330 e.